The molecular formula is C16H22O2. The third-order valence-electron chi connectivity index (χ3n) is 2.69. The molecule has 0 amide bonds. The summed E-state index contributed by atoms with van der Waals surface area (Å²) in [6.07, 6.45) is 7.80. The molecular weight excluding hydrogens is 224 g/mol. The molecule has 0 atom stereocenters. The lowest BCUT2D eigenvalue weighted by Crippen LogP contribution is -1.93. The van der Waals surface area contributed by atoms with E-state index >= 15 is 0 Å². The Bertz CT molecular complexity index is 452. The number of ether oxygens (including phenoxy) is 1. The van der Waals surface area contributed by atoms with Gasteiger partial charge in [0.25, 0.3) is 0 Å². The highest BCUT2D eigenvalue weighted by Crippen LogP contribution is 2.31. The first-order valence-corrected chi connectivity index (χ1v) is 6.28. The Morgan fingerprint density at radius 1 is 1.33 bits per heavy atom. The van der Waals surface area contributed by atoms with Crippen LogP contribution in [-0.4, -0.2) is 12.2 Å². The quantitative estimate of drug-likeness (QED) is 0.783. The lowest BCUT2D eigenvalue weighted by molar-refractivity contribution is 0.401. The van der Waals surface area contributed by atoms with Gasteiger partial charge in [-0.15, -0.1) is 0 Å². The summed E-state index contributed by atoms with van der Waals surface area (Å²) in [4.78, 5) is 0. The highest BCUT2D eigenvalue weighted by molar-refractivity contribution is 5.59. The zero-order valence-electron chi connectivity index (χ0n) is 11.7. The van der Waals surface area contributed by atoms with E-state index in [0.717, 1.165) is 23.3 Å². The molecule has 0 unspecified atom stereocenters. The number of phenols is 1. The number of rotatable bonds is 5. The van der Waals surface area contributed by atoms with E-state index in [4.69, 9.17) is 4.74 Å². The highest BCUT2D eigenvalue weighted by Gasteiger charge is 2.09. The van der Waals surface area contributed by atoms with Crippen LogP contribution in [0.3, 0.4) is 0 Å². The smallest absolute Gasteiger partial charge is 0.126 e. The molecule has 18 heavy (non-hydrogen) atoms. The average molecular weight is 246 g/mol. The van der Waals surface area contributed by atoms with E-state index in [1.54, 1.807) is 13.2 Å². The van der Waals surface area contributed by atoms with Crippen LogP contribution >= 0.6 is 0 Å². The van der Waals surface area contributed by atoms with Crippen LogP contribution in [0.15, 0.2) is 29.9 Å². The van der Waals surface area contributed by atoms with Gasteiger partial charge in [-0.2, -0.15) is 0 Å². The van der Waals surface area contributed by atoms with Crippen molar-refractivity contribution in [2.75, 3.05) is 7.11 Å². The lowest BCUT2D eigenvalue weighted by Gasteiger charge is -2.10. The van der Waals surface area contributed by atoms with E-state index in [1.807, 2.05) is 26.0 Å². The fourth-order valence-corrected chi connectivity index (χ4v) is 1.69. The Kier molecular flexibility index (Phi) is 5.50. The Labute approximate surface area is 110 Å². The van der Waals surface area contributed by atoms with Crippen molar-refractivity contribution in [2.24, 2.45) is 0 Å². The third kappa shape index (κ3) is 3.95. The third-order valence-corrected chi connectivity index (χ3v) is 2.69. The molecule has 0 spiro atoms. The highest BCUT2D eigenvalue weighted by atomic mass is 16.5. The summed E-state index contributed by atoms with van der Waals surface area (Å²) in [7, 11) is 1.63. The summed E-state index contributed by atoms with van der Waals surface area (Å²) < 4.78 is 5.36. The van der Waals surface area contributed by atoms with Gasteiger partial charge in [0, 0.05) is 5.56 Å². The van der Waals surface area contributed by atoms with Crippen molar-refractivity contribution in [1.82, 2.24) is 0 Å². The molecule has 0 aliphatic heterocycles. The van der Waals surface area contributed by atoms with Crippen LogP contribution in [0.4, 0.5) is 0 Å². The van der Waals surface area contributed by atoms with Crippen LogP contribution in [0.2, 0.25) is 0 Å². The topological polar surface area (TPSA) is 29.5 Å². The van der Waals surface area contributed by atoms with Gasteiger partial charge in [0.1, 0.15) is 11.5 Å². The fourth-order valence-electron chi connectivity index (χ4n) is 1.69. The first-order valence-electron chi connectivity index (χ1n) is 6.28. The number of phenolic OH excluding ortho intramolecular Hbond substituents is 1. The molecule has 0 bridgehead atoms. The molecule has 0 heterocycles. The van der Waals surface area contributed by atoms with Crippen molar-refractivity contribution < 1.29 is 9.84 Å². The molecule has 0 aliphatic carbocycles. The van der Waals surface area contributed by atoms with Crippen LogP contribution in [0.25, 0.3) is 6.08 Å². The van der Waals surface area contributed by atoms with Gasteiger partial charge in [0.15, 0.2) is 0 Å². The lowest BCUT2D eigenvalue weighted by atomic mass is 10.0. The average Bonchev–Trinajstić information content (AvgIpc) is 2.34. The standard InChI is InChI=1S/C16H22O2/c1-5-6-7-13-10-15(17)14(9-8-12(2)3)16(11-13)18-4/h6-8,10-11,17H,5,9H2,1-4H3. The number of aromatic hydroxyl groups is 1. The zero-order chi connectivity index (χ0) is 13.5. The molecule has 0 radical (unpaired) electrons. The van der Waals surface area contributed by atoms with Crippen molar-refractivity contribution in [3.8, 4) is 11.5 Å². The van der Waals surface area contributed by atoms with E-state index < -0.39 is 0 Å². The van der Waals surface area contributed by atoms with E-state index in [0.29, 0.717) is 12.2 Å². The van der Waals surface area contributed by atoms with Gasteiger partial charge in [0.05, 0.1) is 7.11 Å². The van der Waals surface area contributed by atoms with Gasteiger partial charge in [-0.25, -0.2) is 0 Å². The second kappa shape index (κ2) is 6.90. The SMILES string of the molecule is CCC=Cc1cc(O)c(CC=C(C)C)c(OC)c1. The predicted molar refractivity (Wildman–Crippen MR) is 77.1 cm³/mol. The summed E-state index contributed by atoms with van der Waals surface area (Å²) >= 11 is 0. The molecule has 1 N–H and O–H groups in total. The Morgan fingerprint density at radius 2 is 2.06 bits per heavy atom. The van der Waals surface area contributed by atoms with Crippen molar-refractivity contribution in [3.63, 3.8) is 0 Å². The van der Waals surface area contributed by atoms with Gasteiger partial charge in [-0.1, -0.05) is 30.7 Å². The van der Waals surface area contributed by atoms with Gasteiger partial charge in [-0.3, -0.25) is 0 Å². The molecule has 2 heteroatoms. The monoisotopic (exact) mass is 246 g/mol. The minimum Gasteiger partial charge on any atom is -0.507 e. The van der Waals surface area contributed by atoms with Crippen molar-refractivity contribution >= 4 is 6.08 Å². The molecule has 0 fully saturated rings. The summed E-state index contributed by atoms with van der Waals surface area (Å²) in [5.74, 6) is 1.03. The maximum Gasteiger partial charge on any atom is 0.126 e. The summed E-state index contributed by atoms with van der Waals surface area (Å²) in [6.45, 7) is 6.17. The van der Waals surface area contributed by atoms with Crippen LogP contribution in [0.1, 0.15) is 38.3 Å². The largest absolute Gasteiger partial charge is 0.507 e. The Morgan fingerprint density at radius 3 is 2.61 bits per heavy atom. The minimum absolute atomic E-state index is 0.294. The van der Waals surface area contributed by atoms with Gasteiger partial charge < -0.3 is 9.84 Å². The predicted octanol–water partition coefficient (Wildman–Crippen LogP) is 4.33. The van der Waals surface area contributed by atoms with Crippen LogP contribution in [-0.2, 0) is 6.42 Å². The van der Waals surface area contributed by atoms with E-state index in [-0.39, 0.29) is 0 Å². The van der Waals surface area contributed by atoms with Gasteiger partial charge in [-0.05, 0) is 44.4 Å². The van der Waals surface area contributed by atoms with Crippen molar-refractivity contribution in [2.45, 2.75) is 33.6 Å². The van der Waals surface area contributed by atoms with Crippen LogP contribution < -0.4 is 4.74 Å². The number of allylic oxidation sites excluding steroid dienone is 3. The van der Waals surface area contributed by atoms with Crippen molar-refractivity contribution in [1.29, 1.82) is 0 Å². The molecule has 0 aliphatic rings. The van der Waals surface area contributed by atoms with E-state index in [2.05, 4.69) is 19.1 Å². The molecule has 1 rings (SSSR count). The molecule has 1 aromatic carbocycles. The van der Waals surface area contributed by atoms with Gasteiger partial charge >= 0.3 is 0 Å². The summed E-state index contributed by atoms with van der Waals surface area (Å²) in [6, 6.07) is 3.74. The molecule has 2 nitrogen and oxygen atoms in total. The maximum atomic E-state index is 10.1. The first kappa shape index (κ1) is 14.4. The second-order valence-corrected chi connectivity index (χ2v) is 4.52. The summed E-state index contributed by atoms with van der Waals surface area (Å²) in [5, 5.41) is 10.1. The van der Waals surface area contributed by atoms with Crippen molar-refractivity contribution in [3.05, 3.63) is 41.0 Å². The number of benzene rings is 1. The molecule has 98 valence electrons. The second-order valence-electron chi connectivity index (χ2n) is 4.52. The minimum atomic E-state index is 0.294. The van der Waals surface area contributed by atoms with E-state index in [9.17, 15) is 5.11 Å². The molecule has 0 saturated heterocycles. The summed E-state index contributed by atoms with van der Waals surface area (Å²) in [5.41, 5.74) is 3.03. The Hall–Kier alpha value is -1.70. The first-order chi connectivity index (χ1) is 8.58. The molecule has 0 saturated carbocycles. The number of hydrogen-bond donors (Lipinski definition) is 1. The van der Waals surface area contributed by atoms with Crippen LogP contribution in [0, 0.1) is 0 Å². The van der Waals surface area contributed by atoms with Crippen LogP contribution in [0.5, 0.6) is 11.5 Å². The fraction of sp³-hybridized carbons (Fsp3) is 0.375. The number of methoxy groups -OCH3 is 1. The van der Waals surface area contributed by atoms with E-state index in [1.165, 1.54) is 5.57 Å². The number of hydrogen-bond acceptors (Lipinski definition) is 2. The molecule has 0 aromatic heterocycles. The molecule has 1 aromatic rings. The zero-order valence-corrected chi connectivity index (χ0v) is 11.7. The normalized spacial score (nSPS) is 10.7. The Balaban J connectivity index is 3.11. The van der Waals surface area contributed by atoms with Gasteiger partial charge in [0.2, 0.25) is 0 Å². The maximum absolute atomic E-state index is 10.1.